The number of rotatable bonds is 8. The average Bonchev–Trinajstić information content (AvgIpc) is 3.32. The van der Waals surface area contributed by atoms with Crippen molar-refractivity contribution in [1.29, 1.82) is 0 Å². The summed E-state index contributed by atoms with van der Waals surface area (Å²) in [6, 6.07) is 7.79. The Morgan fingerprint density at radius 2 is 1.98 bits per heavy atom. The number of halogens is 3. The van der Waals surface area contributed by atoms with Crippen LogP contribution in [-0.2, 0) is 17.2 Å². The fraction of sp³-hybridized carbons (Fsp3) is 0.276. The highest BCUT2D eigenvalue weighted by Gasteiger charge is 2.26. The molecule has 5 aromatic rings. The molecule has 4 heterocycles. The van der Waals surface area contributed by atoms with Gasteiger partial charge in [0.25, 0.3) is 5.56 Å². The van der Waals surface area contributed by atoms with Crippen LogP contribution in [-0.4, -0.2) is 43.9 Å². The van der Waals surface area contributed by atoms with Crippen molar-refractivity contribution in [1.82, 2.24) is 24.1 Å². The van der Waals surface area contributed by atoms with Gasteiger partial charge in [-0.1, -0.05) is 31.5 Å². The van der Waals surface area contributed by atoms with Gasteiger partial charge < -0.3 is 19.8 Å². The second-order valence-electron chi connectivity index (χ2n) is 9.84. The van der Waals surface area contributed by atoms with Crippen molar-refractivity contribution in [2.24, 2.45) is 5.73 Å². The molecule has 0 radical (unpaired) electrons. The van der Waals surface area contributed by atoms with Gasteiger partial charge in [0.2, 0.25) is 0 Å². The molecule has 5 rings (SSSR count). The molecule has 0 saturated heterocycles. The number of methoxy groups -OCH3 is 1. The summed E-state index contributed by atoms with van der Waals surface area (Å²) in [7, 11) is 1.42. The summed E-state index contributed by atoms with van der Waals surface area (Å²) in [5.41, 5.74) is 7.42. The number of imidazole rings is 1. The van der Waals surface area contributed by atoms with Crippen LogP contribution in [0.5, 0.6) is 5.75 Å². The van der Waals surface area contributed by atoms with Gasteiger partial charge >= 0.3 is 6.09 Å². The standard InChI is InChI=1S/C29H27Cl2FN6O4/c1-14(2)22-25(15(3)8-9-34-22)38-27-16(12-17(31)23(36-27)21-18(32)6-5-7-19(21)41-4)26-24(28(38)39)35-20(13-30)37(26)10-11-42-29(33)40/h5-9,12,14H,10-11,13H2,1-4H3,(H2,33,40). The summed E-state index contributed by atoms with van der Waals surface area (Å²) in [4.78, 5) is 39.6. The van der Waals surface area contributed by atoms with Crippen molar-refractivity contribution >= 4 is 51.4 Å². The van der Waals surface area contributed by atoms with E-state index in [0.29, 0.717) is 28.1 Å². The molecular formula is C29H27Cl2FN6O4. The Morgan fingerprint density at radius 3 is 2.64 bits per heavy atom. The Bertz CT molecular complexity index is 1920. The van der Waals surface area contributed by atoms with Gasteiger partial charge in [0, 0.05) is 11.6 Å². The van der Waals surface area contributed by atoms with Gasteiger partial charge in [-0.25, -0.2) is 19.2 Å². The molecule has 2 N–H and O–H groups in total. The number of ether oxygens (including phenoxy) is 2. The smallest absolute Gasteiger partial charge is 0.404 e. The number of fused-ring (bicyclic) bond motifs is 3. The molecule has 0 spiro atoms. The molecule has 0 aliphatic carbocycles. The first kappa shape index (κ1) is 29.3. The quantitative estimate of drug-likeness (QED) is 0.217. The predicted molar refractivity (Wildman–Crippen MR) is 159 cm³/mol. The Hall–Kier alpha value is -4.22. The highest BCUT2D eigenvalue weighted by Crippen LogP contribution is 2.39. The zero-order valence-corrected chi connectivity index (χ0v) is 24.8. The van der Waals surface area contributed by atoms with Crippen LogP contribution in [0.4, 0.5) is 9.18 Å². The zero-order chi connectivity index (χ0) is 30.3. The summed E-state index contributed by atoms with van der Waals surface area (Å²) in [6.07, 6.45) is 0.736. The molecule has 42 heavy (non-hydrogen) atoms. The number of primary amides is 1. The maximum atomic E-state index is 15.3. The maximum absolute atomic E-state index is 15.3. The van der Waals surface area contributed by atoms with Gasteiger partial charge in [-0.3, -0.25) is 14.3 Å². The van der Waals surface area contributed by atoms with E-state index >= 15 is 4.39 Å². The van der Waals surface area contributed by atoms with Crippen LogP contribution in [0.15, 0.2) is 41.3 Å². The Balaban J connectivity index is 1.98. The predicted octanol–water partition coefficient (Wildman–Crippen LogP) is 5.86. The van der Waals surface area contributed by atoms with E-state index in [1.54, 1.807) is 29.0 Å². The van der Waals surface area contributed by atoms with Crippen molar-refractivity contribution in [2.75, 3.05) is 13.7 Å². The first-order valence-corrected chi connectivity index (χ1v) is 13.9. The van der Waals surface area contributed by atoms with Gasteiger partial charge in [-0.05, 0) is 42.7 Å². The van der Waals surface area contributed by atoms with Crippen LogP contribution in [0.3, 0.4) is 0 Å². The van der Waals surface area contributed by atoms with Gasteiger partial charge in [-0.2, -0.15) is 0 Å². The third-order valence-corrected chi connectivity index (χ3v) is 7.44. The van der Waals surface area contributed by atoms with Crippen molar-refractivity contribution in [2.45, 2.75) is 39.1 Å². The number of amides is 1. The number of benzene rings is 1. The van der Waals surface area contributed by atoms with Gasteiger partial charge in [-0.15, -0.1) is 11.6 Å². The fourth-order valence-corrected chi connectivity index (χ4v) is 5.55. The van der Waals surface area contributed by atoms with Crippen molar-refractivity contribution in [3.8, 4) is 22.7 Å². The summed E-state index contributed by atoms with van der Waals surface area (Å²) >= 11 is 13.1. The van der Waals surface area contributed by atoms with E-state index in [9.17, 15) is 9.59 Å². The maximum Gasteiger partial charge on any atom is 0.404 e. The van der Waals surface area contributed by atoms with Crippen molar-refractivity contribution < 1.29 is 18.7 Å². The molecule has 0 fully saturated rings. The molecule has 10 nitrogen and oxygen atoms in total. The summed E-state index contributed by atoms with van der Waals surface area (Å²) < 4.78 is 28.8. The summed E-state index contributed by atoms with van der Waals surface area (Å²) in [6.45, 7) is 5.81. The van der Waals surface area contributed by atoms with Crippen LogP contribution in [0.1, 0.15) is 36.8 Å². The third kappa shape index (κ3) is 4.92. The van der Waals surface area contributed by atoms with E-state index in [1.807, 2.05) is 20.8 Å². The van der Waals surface area contributed by atoms with Crippen LogP contribution < -0.4 is 16.0 Å². The van der Waals surface area contributed by atoms with E-state index < -0.39 is 17.5 Å². The van der Waals surface area contributed by atoms with Crippen molar-refractivity contribution in [3.05, 3.63) is 74.8 Å². The lowest BCUT2D eigenvalue weighted by atomic mass is 10.0. The number of alkyl halides is 1. The molecule has 0 unspecified atom stereocenters. The fourth-order valence-electron chi connectivity index (χ4n) is 5.10. The lowest BCUT2D eigenvalue weighted by molar-refractivity contribution is 0.152. The molecule has 4 aromatic heterocycles. The molecule has 13 heteroatoms. The molecule has 0 aliphatic rings. The minimum Gasteiger partial charge on any atom is -0.496 e. The van der Waals surface area contributed by atoms with E-state index in [-0.39, 0.29) is 58.1 Å². The minimum atomic E-state index is -0.944. The molecule has 218 valence electrons. The number of hydrogen-bond acceptors (Lipinski definition) is 7. The second-order valence-corrected chi connectivity index (χ2v) is 10.5. The van der Waals surface area contributed by atoms with Crippen LogP contribution in [0.2, 0.25) is 5.02 Å². The summed E-state index contributed by atoms with van der Waals surface area (Å²) in [5.74, 6) is -0.119. The third-order valence-electron chi connectivity index (χ3n) is 6.91. The zero-order valence-electron chi connectivity index (χ0n) is 23.2. The number of carbonyl (C=O) groups excluding carboxylic acids is 1. The first-order valence-electron chi connectivity index (χ1n) is 13.0. The molecule has 0 saturated carbocycles. The highest BCUT2D eigenvalue weighted by atomic mass is 35.5. The SMILES string of the molecule is COc1cccc(F)c1-c1nc2c(cc1Cl)c1c(nc(CCl)n1CCOC(N)=O)c(=O)n2-c1c(C)ccnc1C(C)C. The van der Waals surface area contributed by atoms with Crippen LogP contribution >= 0.6 is 23.2 Å². The Morgan fingerprint density at radius 1 is 1.21 bits per heavy atom. The summed E-state index contributed by atoms with van der Waals surface area (Å²) in [5, 5.41) is 0.549. The number of aryl methyl sites for hydroxylation is 1. The normalized spacial score (nSPS) is 11.5. The molecule has 0 atom stereocenters. The second kappa shape index (κ2) is 11.6. The lowest BCUT2D eigenvalue weighted by Crippen LogP contribution is -2.24. The number of nitrogens with zero attached hydrogens (tertiary/aromatic N) is 5. The first-order chi connectivity index (χ1) is 20.1. The van der Waals surface area contributed by atoms with E-state index in [0.717, 1.165) is 5.56 Å². The minimum absolute atomic E-state index is 0.0407. The Kier molecular flexibility index (Phi) is 8.07. The van der Waals surface area contributed by atoms with Crippen LogP contribution in [0, 0.1) is 12.7 Å². The topological polar surface area (TPSA) is 127 Å². The average molecular weight is 613 g/mol. The largest absolute Gasteiger partial charge is 0.496 e. The van der Waals surface area contributed by atoms with E-state index in [1.165, 1.54) is 23.8 Å². The molecular weight excluding hydrogens is 586 g/mol. The number of carbonyl (C=O) groups is 1. The number of nitrogens with two attached hydrogens (primary N) is 1. The Labute approximate surface area is 249 Å². The number of pyridine rings is 3. The highest BCUT2D eigenvalue weighted by molar-refractivity contribution is 6.34. The number of aromatic nitrogens is 5. The number of hydrogen-bond donors (Lipinski definition) is 1. The van der Waals surface area contributed by atoms with E-state index in [4.69, 9.17) is 43.4 Å². The monoisotopic (exact) mass is 612 g/mol. The molecule has 0 bridgehead atoms. The lowest BCUT2D eigenvalue weighted by Gasteiger charge is -2.20. The molecule has 0 aliphatic heterocycles. The van der Waals surface area contributed by atoms with Crippen LogP contribution in [0.25, 0.3) is 39.0 Å². The van der Waals surface area contributed by atoms with Gasteiger partial charge in [0.05, 0.1) is 52.7 Å². The van der Waals surface area contributed by atoms with E-state index in [2.05, 4.69) is 9.97 Å². The van der Waals surface area contributed by atoms with Gasteiger partial charge in [0.15, 0.2) is 11.2 Å². The van der Waals surface area contributed by atoms with Crippen molar-refractivity contribution in [3.63, 3.8) is 0 Å². The molecule has 1 aromatic carbocycles. The van der Waals surface area contributed by atoms with Gasteiger partial charge in [0.1, 0.15) is 24.0 Å². The molecule has 1 amide bonds.